The van der Waals surface area contributed by atoms with Gasteiger partial charge in [-0.15, -0.1) is 0 Å². The molecular weight excluding hydrogens is 370 g/mol. The molecule has 0 radical (unpaired) electrons. The second-order valence-corrected chi connectivity index (χ2v) is 6.02. The molecule has 6 nitrogen and oxygen atoms in total. The molecule has 0 aliphatic rings. The molecule has 1 heterocycles. The number of rotatable bonds is 7. The summed E-state index contributed by atoms with van der Waals surface area (Å²) in [4.78, 5) is 26.0. The van der Waals surface area contributed by atoms with Gasteiger partial charge < -0.3 is 20.2 Å². The number of halogens is 2. The molecule has 0 saturated heterocycles. The lowest BCUT2D eigenvalue weighted by Gasteiger charge is -2.14. The number of fused-ring (bicyclic) bond motifs is 1. The number of primary amides is 1. The van der Waals surface area contributed by atoms with Crippen molar-refractivity contribution in [3.05, 3.63) is 59.3 Å². The summed E-state index contributed by atoms with van der Waals surface area (Å²) in [6.07, 6.45) is 1.85. The largest absolute Gasteiger partial charge is 0.466 e. The van der Waals surface area contributed by atoms with Gasteiger partial charge in [-0.1, -0.05) is 0 Å². The van der Waals surface area contributed by atoms with Crippen LogP contribution in [0.15, 0.2) is 36.5 Å². The summed E-state index contributed by atoms with van der Waals surface area (Å²) < 4.78 is 39.0. The van der Waals surface area contributed by atoms with Gasteiger partial charge in [0.1, 0.15) is 11.6 Å². The number of aryl methyl sites for hydroxylation is 1. The summed E-state index contributed by atoms with van der Waals surface area (Å²) in [5.74, 6) is -2.92. The van der Waals surface area contributed by atoms with Crippen LogP contribution in [0.25, 0.3) is 10.9 Å². The molecule has 2 aromatic carbocycles. The third-order valence-corrected chi connectivity index (χ3v) is 4.17. The van der Waals surface area contributed by atoms with Gasteiger partial charge in [0.25, 0.3) is 5.91 Å². The summed E-state index contributed by atoms with van der Waals surface area (Å²) in [5, 5.41) is 0.679. The highest BCUT2D eigenvalue weighted by Gasteiger charge is 2.19. The topological polar surface area (TPSA) is 94.4 Å². The number of ether oxygens (including phenoxy) is 2. The normalized spacial score (nSPS) is 10.8. The van der Waals surface area contributed by atoms with Crippen molar-refractivity contribution >= 4 is 22.8 Å². The Labute approximate surface area is 159 Å². The van der Waals surface area contributed by atoms with Crippen LogP contribution in [-0.2, 0) is 16.0 Å². The lowest BCUT2D eigenvalue weighted by molar-refractivity contribution is -0.143. The Bertz CT molecular complexity index is 1050. The highest BCUT2D eigenvalue weighted by Crippen LogP contribution is 2.35. The molecule has 0 saturated carbocycles. The number of hydrogen-bond acceptors (Lipinski definition) is 4. The third-order valence-electron chi connectivity index (χ3n) is 4.17. The number of esters is 1. The molecule has 0 aliphatic heterocycles. The van der Waals surface area contributed by atoms with Crippen molar-refractivity contribution in [2.45, 2.75) is 19.8 Å². The van der Waals surface area contributed by atoms with Crippen LogP contribution in [0.4, 0.5) is 8.78 Å². The SMILES string of the molecule is CCOC(=O)CCc1c(Oc2ccc(F)c(C(N)=O)c2)c(F)cc2[nH]ccc12. The number of hydrogen-bond donors (Lipinski definition) is 2. The van der Waals surface area contributed by atoms with Crippen molar-refractivity contribution in [1.82, 2.24) is 4.98 Å². The smallest absolute Gasteiger partial charge is 0.306 e. The van der Waals surface area contributed by atoms with Crippen LogP contribution in [0.1, 0.15) is 29.3 Å². The number of H-pyrrole nitrogens is 1. The molecule has 0 fully saturated rings. The van der Waals surface area contributed by atoms with Gasteiger partial charge in [0, 0.05) is 35.2 Å². The Kier molecular flexibility index (Phi) is 5.58. The van der Waals surface area contributed by atoms with Crippen LogP contribution < -0.4 is 10.5 Å². The predicted molar refractivity (Wildman–Crippen MR) is 98.2 cm³/mol. The van der Waals surface area contributed by atoms with Crippen LogP contribution >= 0.6 is 0 Å². The molecule has 0 bridgehead atoms. The zero-order valence-electron chi connectivity index (χ0n) is 15.1. The summed E-state index contributed by atoms with van der Waals surface area (Å²) >= 11 is 0. The molecule has 146 valence electrons. The first-order chi connectivity index (χ1) is 13.4. The fourth-order valence-electron chi connectivity index (χ4n) is 2.92. The van der Waals surface area contributed by atoms with Gasteiger partial charge >= 0.3 is 5.97 Å². The maximum absolute atomic E-state index is 14.7. The molecule has 28 heavy (non-hydrogen) atoms. The molecular formula is C20H18F2N2O4. The molecule has 1 amide bonds. The van der Waals surface area contributed by atoms with Crippen LogP contribution in [-0.4, -0.2) is 23.5 Å². The van der Waals surface area contributed by atoms with E-state index in [0.29, 0.717) is 16.5 Å². The van der Waals surface area contributed by atoms with E-state index in [1.807, 2.05) is 0 Å². The van der Waals surface area contributed by atoms with Crippen LogP contribution in [0, 0.1) is 11.6 Å². The minimum atomic E-state index is -0.966. The van der Waals surface area contributed by atoms with E-state index < -0.39 is 23.5 Å². The van der Waals surface area contributed by atoms with E-state index in [1.165, 1.54) is 12.1 Å². The Morgan fingerprint density at radius 2 is 1.93 bits per heavy atom. The lowest BCUT2D eigenvalue weighted by Crippen LogP contribution is -2.13. The maximum atomic E-state index is 14.7. The average Bonchev–Trinajstić information content (AvgIpc) is 3.10. The Morgan fingerprint density at radius 3 is 2.64 bits per heavy atom. The first kappa shape index (κ1) is 19.3. The monoisotopic (exact) mass is 388 g/mol. The fourth-order valence-corrected chi connectivity index (χ4v) is 2.92. The first-order valence-corrected chi connectivity index (χ1v) is 8.62. The molecule has 0 aliphatic carbocycles. The minimum absolute atomic E-state index is 0.0316. The molecule has 0 spiro atoms. The highest BCUT2D eigenvalue weighted by atomic mass is 19.1. The second-order valence-electron chi connectivity index (χ2n) is 6.02. The molecule has 1 aromatic heterocycles. The number of nitrogens with one attached hydrogen (secondary N) is 1. The van der Waals surface area contributed by atoms with Gasteiger partial charge in [-0.2, -0.15) is 0 Å². The minimum Gasteiger partial charge on any atom is -0.466 e. The fraction of sp³-hybridized carbons (Fsp3) is 0.200. The first-order valence-electron chi connectivity index (χ1n) is 8.62. The van der Waals surface area contributed by atoms with E-state index in [2.05, 4.69) is 4.98 Å². The predicted octanol–water partition coefficient (Wildman–Crippen LogP) is 3.83. The number of aromatic nitrogens is 1. The van der Waals surface area contributed by atoms with E-state index in [4.69, 9.17) is 15.2 Å². The standard InChI is InChI=1S/C20H18F2N2O4/c1-2-27-18(25)6-4-13-12-7-8-24-17(12)10-16(22)19(13)28-11-3-5-15(21)14(9-11)20(23)26/h3,5,7-10,24H,2,4,6H2,1H3,(H2,23,26). The van der Waals surface area contributed by atoms with Crippen molar-refractivity contribution in [1.29, 1.82) is 0 Å². The molecule has 3 aromatic rings. The quantitative estimate of drug-likeness (QED) is 0.602. The summed E-state index contributed by atoms with van der Waals surface area (Å²) in [6, 6.07) is 6.38. The van der Waals surface area contributed by atoms with Gasteiger partial charge in [-0.3, -0.25) is 9.59 Å². The van der Waals surface area contributed by atoms with Crippen molar-refractivity contribution in [3.8, 4) is 11.5 Å². The number of carbonyl (C=O) groups excluding carboxylic acids is 2. The van der Waals surface area contributed by atoms with Crippen molar-refractivity contribution in [2.24, 2.45) is 5.73 Å². The Hall–Kier alpha value is -3.42. The van der Waals surface area contributed by atoms with Gasteiger partial charge in [0.15, 0.2) is 11.6 Å². The van der Waals surface area contributed by atoms with E-state index in [0.717, 1.165) is 12.1 Å². The molecule has 8 heteroatoms. The number of amides is 1. The van der Waals surface area contributed by atoms with Crippen molar-refractivity contribution < 1.29 is 27.8 Å². The van der Waals surface area contributed by atoms with E-state index in [-0.39, 0.29) is 36.5 Å². The zero-order chi connectivity index (χ0) is 20.3. The second kappa shape index (κ2) is 8.08. The van der Waals surface area contributed by atoms with Crippen LogP contribution in [0.3, 0.4) is 0 Å². The third kappa shape index (κ3) is 3.95. The van der Waals surface area contributed by atoms with Crippen LogP contribution in [0.5, 0.6) is 11.5 Å². The number of carbonyl (C=O) groups is 2. The Morgan fingerprint density at radius 1 is 1.14 bits per heavy atom. The van der Waals surface area contributed by atoms with Gasteiger partial charge in [-0.25, -0.2) is 8.78 Å². The number of nitrogens with two attached hydrogens (primary N) is 1. The van der Waals surface area contributed by atoms with E-state index >= 15 is 0 Å². The van der Waals surface area contributed by atoms with E-state index in [1.54, 1.807) is 19.2 Å². The maximum Gasteiger partial charge on any atom is 0.306 e. The zero-order valence-corrected chi connectivity index (χ0v) is 15.1. The van der Waals surface area contributed by atoms with Crippen LogP contribution in [0.2, 0.25) is 0 Å². The van der Waals surface area contributed by atoms with E-state index in [9.17, 15) is 18.4 Å². The summed E-state index contributed by atoms with van der Waals surface area (Å²) in [6.45, 7) is 1.94. The van der Waals surface area contributed by atoms with Gasteiger partial charge in [-0.05, 0) is 37.6 Å². The lowest BCUT2D eigenvalue weighted by atomic mass is 10.0. The van der Waals surface area contributed by atoms with Crippen molar-refractivity contribution in [3.63, 3.8) is 0 Å². The van der Waals surface area contributed by atoms with Crippen molar-refractivity contribution in [2.75, 3.05) is 6.61 Å². The molecule has 0 unspecified atom stereocenters. The summed E-state index contributed by atoms with van der Waals surface area (Å²) in [7, 11) is 0. The highest BCUT2D eigenvalue weighted by molar-refractivity contribution is 5.93. The molecule has 3 rings (SSSR count). The number of benzene rings is 2. The Balaban J connectivity index is 2.01. The summed E-state index contributed by atoms with van der Waals surface area (Å²) in [5.41, 5.74) is 5.77. The van der Waals surface area contributed by atoms with Gasteiger partial charge in [0.2, 0.25) is 0 Å². The number of aromatic amines is 1. The molecule has 3 N–H and O–H groups in total. The molecule has 0 atom stereocenters. The van der Waals surface area contributed by atoms with Gasteiger partial charge in [0.05, 0.1) is 12.2 Å². The average molecular weight is 388 g/mol.